The molecule has 32 heavy (non-hydrogen) atoms. The number of benzene rings is 3. The van der Waals surface area contributed by atoms with E-state index in [1.807, 2.05) is 68.4 Å². The second-order valence-corrected chi connectivity index (χ2v) is 8.81. The number of rotatable bonds is 8. The smallest absolute Gasteiger partial charge is 0.280 e. The van der Waals surface area contributed by atoms with Crippen molar-refractivity contribution in [3.63, 3.8) is 0 Å². The summed E-state index contributed by atoms with van der Waals surface area (Å²) in [6.07, 6.45) is 0.471. The van der Waals surface area contributed by atoms with Crippen LogP contribution < -0.4 is 14.8 Å². The first-order valence-electron chi connectivity index (χ1n) is 10.2. The predicted molar refractivity (Wildman–Crippen MR) is 128 cm³/mol. The van der Waals surface area contributed by atoms with Crippen molar-refractivity contribution in [1.82, 2.24) is 4.98 Å². The summed E-state index contributed by atoms with van der Waals surface area (Å²) in [4.78, 5) is 4.68. The molecule has 0 saturated carbocycles. The van der Waals surface area contributed by atoms with Gasteiger partial charge >= 0.3 is 0 Å². The molecule has 0 amide bonds. The number of anilines is 2. The van der Waals surface area contributed by atoms with Crippen molar-refractivity contribution in [2.45, 2.75) is 26.4 Å². The zero-order valence-corrected chi connectivity index (χ0v) is 19.2. The van der Waals surface area contributed by atoms with E-state index in [1.165, 1.54) is 17.4 Å². The monoisotopic (exact) mass is 468 g/mol. The molecule has 4 rings (SSSR count). The van der Waals surface area contributed by atoms with Crippen LogP contribution >= 0.6 is 22.9 Å². The average Bonchev–Trinajstić information content (AvgIpc) is 3.12. The van der Waals surface area contributed by atoms with Gasteiger partial charge in [-0.25, -0.2) is 9.37 Å². The van der Waals surface area contributed by atoms with Crippen LogP contribution in [0.3, 0.4) is 0 Å². The van der Waals surface area contributed by atoms with Crippen LogP contribution in [0.15, 0.2) is 72.8 Å². The van der Waals surface area contributed by atoms with Gasteiger partial charge < -0.3 is 14.8 Å². The summed E-state index contributed by atoms with van der Waals surface area (Å²) in [5.74, 6) is 0.504. The molecule has 0 spiro atoms. The van der Waals surface area contributed by atoms with Gasteiger partial charge in [0.15, 0.2) is 11.6 Å². The van der Waals surface area contributed by atoms with Crippen molar-refractivity contribution in [1.29, 1.82) is 0 Å². The third kappa shape index (κ3) is 5.78. The van der Waals surface area contributed by atoms with Crippen LogP contribution in [0.2, 0.25) is 5.02 Å². The maximum atomic E-state index is 14.5. The van der Waals surface area contributed by atoms with Gasteiger partial charge in [0.2, 0.25) is 0 Å². The van der Waals surface area contributed by atoms with Crippen molar-refractivity contribution < 1.29 is 13.9 Å². The first-order chi connectivity index (χ1) is 15.5. The highest BCUT2D eigenvalue weighted by atomic mass is 35.5. The topological polar surface area (TPSA) is 43.4 Å². The largest absolute Gasteiger partial charge is 0.488 e. The number of para-hydroxylation sites is 1. The van der Waals surface area contributed by atoms with Gasteiger partial charge in [0.25, 0.3) is 5.19 Å². The fourth-order valence-electron chi connectivity index (χ4n) is 3.04. The molecule has 0 saturated heterocycles. The molecule has 164 valence electrons. The van der Waals surface area contributed by atoms with Gasteiger partial charge in [-0.05, 0) is 55.8 Å². The van der Waals surface area contributed by atoms with Crippen molar-refractivity contribution >= 4 is 33.6 Å². The van der Waals surface area contributed by atoms with Gasteiger partial charge in [0.1, 0.15) is 10.8 Å². The number of hydrogen-bond donors (Lipinski definition) is 1. The minimum absolute atomic E-state index is 0.103. The molecule has 0 atom stereocenters. The molecular weight excluding hydrogens is 447 g/mol. The fourth-order valence-corrected chi connectivity index (χ4v) is 4.03. The van der Waals surface area contributed by atoms with Crippen LogP contribution in [0.25, 0.3) is 0 Å². The Balaban J connectivity index is 1.61. The zero-order valence-electron chi connectivity index (χ0n) is 17.6. The molecule has 0 unspecified atom stereocenters. The van der Waals surface area contributed by atoms with E-state index in [-0.39, 0.29) is 11.9 Å². The first-order valence-corrected chi connectivity index (χ1v) is 11.4. The van der Waals surface area contributed by atoms with E-state index in [2.05, 4.69) is 10.3 Å². The molecule has 1 N–H and O–H groups in total. The van der Waals surface area contributed by atoms with Crippen LogP contribution in [0.4, 0.5) is 15.1 Å². The highest BCUT2D eigenvalue weighted by Crippen LogP contribution is 2.37. The minimum atomic E-state index is -0.423. The van der Waals surface area contributed by atoms with E-state index in [0.717, 1.165) is 16.3 Å². The van der Waals surface area contributed by atoms with Gasteiger partial charge in [-0.1, -0.05) is 53.3 Å². The Labute approximate surface area is 195 Å². The summed E-state index contributed by atoms with van der Waals surface area (Å²) in [6.45, 7) is 3.72. The Kier molecular flexibility index (Phi) is 6.93. The summed E-state index contributed by atoms with van der Waals surface area (Å²) in [5, 5.41) is 5.25. The van der Waals surface area contributed by atoms with E-state index in [4.69, 9.17) is 21.1 Å². The second-order valence-electron chi connectivity index (χ2n) is 7.41. The number of nitrogens with zero attached hydrogens (tertiary/aromatic N) is 1. The lowest BCUT2D eigenvalue weighted by molar-refractivity contribution is 0.231. The van der Waals surface area contributed by atoms with Crippen LogP contribution in [-0.2, 0) is 6.42 Å². The molecule has 0 radical (unpaired) electrons. The van der Waals surface area contributed by atoms with Crippen LogP contribution in [0.5, 0.6) is 16.7 Å². The van der Waals surface area contributed by atoms with Gasteiger partial charge in [-0.2, -0.15) is 0 Å². The number of nitrogens with one attached hydrogen (secondary N) is 1. The van der Waals surface area contributed by atoms with E-state index < -0.39 is 5.82 Å². The normalized spacial score (nSPS) is 10.9. The standard InChI is InChI=1S/C25H22ClFN2O2S/c1-16(2)30-23-13-12-19(15-21(23)27)28-24-22(14-17-8-10-18(26)11-9-17)29-25(32-24)31-20-6-4-3-5-7-20/h3-13,15-16,28H,14H2,1-2H3. The SMILES string of the molecule is CC(C)Oc1ccc(Nc2sc(Oc3ccccc3)nc2Cc2ccc(Cl)cc2)cc1F. The molecule has 4 aromatic rings. The van der Waals surface area contributed by atoms with Crippen LogP contribution in [0.1, 0.15) is 25.1 Å². The predicted octanol–water partition coefficient (Wildman–Crippen LogP) is 7.85. The van der Waals surface area contributed by atoms with E-state index in [0.29, 0.717) is 28.1 Å². The van der Waals surface area contributed by atoms with Gasteiger partial charge in [-0.15, -0.1) is 0 Å². The molecular formula is C25H22ClFN2O2S. The molecule has 3 aromatic carbocycles. The third-order valence-electron chi connectivity index (χ3n) is 4.46. The highest BCUT2D eigenvalue weighted by Gasteiger charge is 2.15. The van der Waals surface area contributed by atoms with Crippen LogP contribution in [0, 0.1) is 5.82 Å². The first kappa shape index (κ1) is 22.1. The number of thiazole rings is 1. The Morgan fingerprint density at radius 3 is 2.47 bits per heavy atom. The van der Waals surface area contributed by atoms with Crippen molar-refractivity contribution in [2.75, 3.05) is 5.32 Å². The Bertz CT molecular complexity index is 1180. The highest BCUT2D eigenvalue weighted by molar-refractivity contribution is 7.17. The molecule has 1 heterocycles. The molecule has 0 aliphatic heterocycles. The number of aromatic nitrogens is 1. The van der Waals surface area contributed by atoms with E-state index >= 15 is 0 Å². The Morgan fingerprint density at radius 2 is 1.78 bits per heavy atom. The molecule has 0 fully saturated rings. The fraction of sp³-hybridized carbons (Fsp3) is 0.160. The summed E-state index contributed by atoms with van der Waals surface area (Å²) in [6, 6.07) is 21.9. The second kappa shape index (κ2) is 10.0. The maximum absolute atomic E-state index is 14.5. The molecule has 1 aromatic heterocycles. The molecule has 4 nitrogen and oxygen atoms in total. The molecule has 0 aliphatic carbocycles. The number of hydrogen-bond acceptors (Lipinski definition) is 5. The van der Waals surface area contributed by atoms with E-state index in [1.54, 1.807) is 12.1 Å². The number of ether oxygens (including phenoxy) is 2. The van der Waals surface area contributed by atoms with Crippen molar-refractivity contribution in [3.8, 4) is 16.7 Å². The summed E-state index contributed by atoms with van der Waals surface area (Å²) >= 11 is 7.38. The van der Waals surface area contributed by atoms with Gasteiger partial charge in [0, 0.05) is 23.2 Å². The summed E-state index contributed by atoms with van der Waals surface area (Å²) < 4.78 is 25.9. The Morgan fingerprint density at radius 1 is 1.03 bits per heavy atom. The molecule has 0 aliphatic rings. The van der Waals surface area contributed by atoms with Crippen LogP contribution in [-0.4, -0.2) is 11.1 Å². The van der Waals surface area contributed by atoms with E-state index in [9.17, 15) is 4.39 Å². The van der Waals surface area contributed by atoms with Gasteiger partial charge in [0.05, 0.1) is 11.8 Å². The lowest BCUT2D eigenvalue weighted by Gasteiger charge is -2.12. The summed E-state index contributed by atoms with van der Waals surface area (Å²) in [7, 11) is 0. The van der Waals surface area contributed by atoms with Gasteiger partial charge in [-0.3, -0.25) is 0 Å². The lowest BCUT2D eigenvalue weighted by Crippen LogP contribution is -2.07. The molecule has 7 heteroatoms. The summed E-state index contributed by atoms with van der Waals surface area (Å²) in [5.41, 5.74) is 2.46. The Hall–Kier alpha value is -3.09. The quantitative estimate of drug-likeness (QED) is 0.286. The average molecular weight is 469 g/mol. The zero-order chi connectivity index (χ0) is 22.5. The van der Waals surface area contributed by atoms with Crippen molar-refractivity contribution in [2.24, 2.45) is 0 Å². The maximum Gasteiger partial charge on any atom is 0.280 e. The van der Waals surface area contributed by atoms with Crippen molar-refractivity contribution in [3.05, 3.63) is 94.9 Å². The third-order valence-corrected chi connectivity index (χ3v) is 5.61. The minimum Gasteiger partial charge on any atom is -0.488 e. The molecule has 0 bridgehead atoms. The lowest BCUT2D eigenvalue weighted by atomic mass is 10.1. The number of halogens is 2.